The molecule has 0 saturated heterocycles. The first kappa shape index (κ1) is 14.3. The molecule has 0 fully saturated rings. The van der Waals surface area contributed by atoms with Crippen LogP contribution in [0, 0.1) is 0 Å². The molecule has 5 heteroatoms. The van der Waals surface area contributed by atoms with Gasteiger partial charge in [0.2, 0.25) is 5.78 Å². The highest BCUT2D eigenvalue weighted by Gasteiger charge is 2.41. The molecule has 0 aliphatic carbocycles. The fraction of sp³-hybridized carbons (Fsp3) is 0.545. The van der Waals surface area contributed by atoms with Gasteiger partial charge in [0.25, 0.3) is 0 Å². The molecule has 0 heterocycles. The number of Topliss-reactive ketones (excluding diaryl/α,β-unsaturated/α-hetero) is 1. The van der Waals surface area contributed by atoms with Crippen molar-refractivity contribution in [3.8, 4) is 0 Å². The van der Waals surface area contributed by atoms with Gasteiger partial charge in [0.05, 0.1) is 0 Å². The van der Waals surface area contributed by atoms with E-state index in [2.05, 4.69) is 6.58 Å². The van der Waals surface area contributed by atoms with Crippen LogP contribution < -0.4 is 0 Å². The third-order valence-corrected chi connectivity index (χ3v) is 1.86. The quantitative estimate of drug-likeness (QED) is 0.390. The molecule has 1 unspecified atom stereocenters. The average molecular weight is 228 g/mol. The molecule has 5 nitrogen and oxygen atoms in total. The summed E-state index contributed by atoms with van der Waals surface area (Å²) in [6.07, 6.45) is 1.57. The minimum atomic E-state index is -1.81. The fourth-order valence-electron chi connectivity index (χ4n) is 1.21. The first-order valence-electron chi connectivity index (χ1n) is 4.94. The van der Waals surface area contributed by atoms with Crippen molar-refractivity contribution in [2.75, 3.05) is 0 Å². The lowest BCUT2D eigenvalue weighted by Gasteiger charge is -2.29. The molecule has 0 bridgehead atoms. The van der Waals surface area contributed by atoms with E-state index in [-0.39, 0.29) is 6.42 Å². The van der Waals surface area contributed by atoms with Crippen molar-refractivity contribution in [2.24, 2.45) is 0 Å². The predicted octanol–water partition coefficient (Wildman–Crippen LogP) is 1.36. The molecule has 16 heavy (non-hydrogen) atoms. The van der Waals surface area contributed by atoms with E-state index in [1.165, 1.54) is 6.92 Å². The lowest BCUT2D eigenvalue weighted by Crippen LogP contribution is -2.45. The monoisotopic (exact) mass is 228 g/mol. The molecule has 90 valence electrons. The Labute approximate surface area is 94.4 Å². The van der Waals surface area contributed by atoms with Crippen LogP contribution in [-0.4, -0.2) is 23.5 Å². The summed E-state index contributed by atoms with van der Waals surface area (Å²) in [5.74, 6) is -3.82. The predicted molar refractivity (Wildman–Crippen MR) is 56.4 cm³/mol. The van der Waals surface area contributed by atoms with E-state index in [0.717, 1.165) is 13.0 Å². The van der Waals surface area contributed by atoms with Crippen LogP contribution in [0.15, 0.2) is 12.7 Å². The van der Waals surface area contributed by atoms with E-state index in [0.29, 0.717) is 6.42 Å². The molecular weight excluding hydrogens is 212 g/mol. The van der Waals surface area contributed by atoms with Gasteiger partial charge in [0.15, 0.2) is 0 Å². The first-order chi connectivity index (χ1) is 7.38. The van der Waals surface area contributed by atoms with Crippen LogP contribution in [0.4, 0.5) is 0 Å². The summed E-state index contributed by atoms with van der Waals surface area (Å²) >= 11 is 0. The number of rotatable bonds is 6. The second-order valence-corrected chi connectivity index (χ2v) is 3.28. The Balaban J connectivity index is 5.06. The molecule has 0 N–H and O–H groups in total. The Morgan fingerprint density at radius 2 is 1.81 bits per heavy atom. The number of ether oxygens (including phenoxy) is 2. The Hall–Kier alpha value is -1.65. The second-order valence-electron chi connectivity index (χ2n) is 3.28. The zero-order valence-electron chi connectivity index (χ0n) is 9.74. The highest BCUT2D eigenvalue weighted by molar-refractivity contribution is 5.90. The number of esters is 2. The van der Waals surface area contributed by atoms with Crippen LogP contribution in [-0.2, 0) is 23.9 Å². The largest absolute Gasteiger partial charge is 0.415 e. The number of carbonyl (C=O) groups is 3. The van der Waals surface area contributed by atoms with Crippen LogP contribution in [0.5, 0.6) is 0 Å². The first-order valence-corrected chi connectivity index (χ1v) is 4.94. The highest BCUT2D eigenvalue weighted by atomic mass is 16.7. The summed E-state index contributed by atoms with van der Waals surface area (Å²) in [6.45, 7) is 7.35. The van der Waals surface area contributed by atoms with Crippen LogP contribution >= 0.6 is 0 Å². The van der Waals surface area contributed by atoms with Gasteiger partial charge < -0.3 is 9.47 Å². The molecule has 0 rings (SSSR count). The third kappa shape index (κ3) is 3.84. The molecule has 0 saturated carbocycles. The van der Waals surface area contributed by atoms with Crippen molar-refractivity contribution in [2.45, 2.75) is 39.4 Å². The number of ketones is 1. The second kappa shape index (κ2) is 6.05. The zero-order chi connectivity index (χ0) is 12.8. The number of carbonyl (C=O) groups excluding carboxylic acids is 3. The van der Waals surface area contributed by atoms with Gasteiger partial charge in [-0.05, 0) is 6.42 Å². The summed E-state index contributed by atoms with van der Waals surface area (Å²) in [5.41, 5.74) is 0. The SMILES string of the molecule is C=CC(=O)OC(CCC)(OC(C)=O)C(C)=O. The van der Waals surface area contributed by atoms with Gasteiger partial charge in [-0.15, -0.1) is 0 Å². The molecule has 0 radical (unpaired) electrons. The van der Waals surface area contributed by atoms with Crippen LogP contribution in [0.1, 0.15) is 33.6 Å². The van der Waals surface area contributed by atoms with E-state index in [4.69, 9.17) is 9.47 Å². The summed E-state index contributed by atoms with van der Waals surface area (Å²) in [6, 6.07) is 0. The fourth-order valence-corrected chi connectivity index (χ4v) is 1.21. The van der Waals surface area contributed by atoms with Crippen molar-refractivity contribution in [3.05, 3.63) is 12.7 Å². The zero-order valence-corrected chi connectivity index (χ0v) is 9.74. The van der Waals surface area contributed by atoms with E-state index in [9.17, 15) is 14.4 Å². The third-order valence-electron chi connectivity index (χ3n) is 1.86. The maximum Gasteiger partial charge on any atom is 0.333 e. The van der Waals surface area contributed by atoms with Crippen molar-refractivity contribution >= 4 is 17.7 Å². The van der Waals surface area contributed by atoms with E-state index in [1.807, 2.05) is 0 Å². The van der Waals surface area contributed by atoms with Gasteiger partial charge >= 0.3 is 17.7 Å². The summed E-state index contributed by atoms with van der Waals surface area (Å²) in [5, 5.41) is 0. The molecule has 0 aliphatic heterocycles. The van der Waals surface area contributed by atoms with Gasteiger partial charge in [0, 0.05) is 26.3 Å². The van der Waals surface area contributed by atoms with Crippen LogP contribution in [0.25, 0.3) is 0 Å². The summed E-state index contributed by atoms with van der Waals surface area (Å²) in [7, 11) is 0. The van der Waals surface area contributed by atoms with Crippen LogP contribution in [0.3, 0.4) is 0 Å². The lowest BCUT2D eigenvalue weighted by molar-refractivity contribution is -0.223. The number of hydrogen-bond donors (Lipinski definition) is 0. The van der Waals surface area contributed by atoms with Crippen LogP contribution in [0.2, 0.25) is 0 Å². The molecule has 0 aliphatic rings. The maximum atomic E-state index is 11.5. The summed E-state index contributed by atoms with van der Waals surface area (Å²) < 4.78 is 9.68. The molecule has 0 aromatic rings. The van der Waals surface area contributed by atoms with Crippen molar-refractivity contribution < 1.29 is 23.9 Å². The molecular formula is C11H16O5. The maximum absolute atomic E-state index is 11.5. The highest BCUT2D eigenvalue weighted by Crippen LogP contribution is 2.22. The van der Waals surface area contributed by atoms with Gasteiger partial charge in [0.1, 0.15) is 0 Å². The smallest absolute Gasteiger partial charge is 0.333 e. The summed E-state index contributed by atoms with van der Waals surface area (Å²) in [4.78, 5) is 33.5. The lowest BCUT2D eigenvalue weighted by atomic mass is 10.1. The molecule has 0 aromatic carbocycles. The van der Waals surface area contributed by atoms with E-state index >= 15 is 0 Å². The molecule has 0 amide bonds. The van der Waals surface area contributed by atoms with Crippen molar-refractivity contribution in [1.29, 1.82) is 0 Å². The van der Waals surface area contributed by atoms with Gasteiger partial charge in [-0.2, -0.15) is 0 Å². The minimum Gasteiger partial charge on any atom is -0.415 e. The van der Waals surface area contributed by atoms with Gasteiger partial charge in [-0.3, -0.25) is 9.59 Å². The normalized spacial score (nSPS) is 13.4. The van der Waals surface area contributed by atoms with Crippen molar-refractivity contribution in [3.63, 3.8) is 0 Å². The Morgan fingerprint density at radius 3 is 2.12 bits per heavy atom. The Morgan fingerprint density at radius 1 is 1.25 bits per heavy atom. The minimum absolute atomic E-state index is 0.126. The standard InChI is InChI=1S/C11H16O5/c1-5-7-11(8(3)12,15-9(4)13)16-10(14)6-2/h6H,2,5,7H2,1,3-4H3. The van der Waals surface area contributed by atoms with Crippen molar-refractivity contribution in [1.82, 2.24) is 0 Å². The molecule has 0 spiro atoms. The van der Waals surface area contributed by atoms with E-state index in [1.54, 1.807) is 6.92 Å². The molecule has 0 aromatic heterocycles. The van der Waals surface area contributed by atoms with Gasteiger partial charge in [-0.1, -0.05) is 13.5 Å². The van der Waals surface area contributed by atoms with E-state index < -0.39 is 23.5 Å². The average Bonchev–Trinajstić information content (AvgIpc) is 2.16. The molecule has 1 atom stereocenters. The van der Waals surface area contributed by atoms with Gasteiger partial charge in [-0.25, -0.2) is 4.79 Å². The number of hydrogen-bond acceptors (Lipinski definition) is 5. The topological polar surface area (TPSA) is 69.7 Å². The Kier molecular flexibility index (Phi) is 5.42. The Bertz CT molecular complexity index is 307.